The zero-order valence-electron chi connectivity index (χ0n) is 8.12. The fourth-order valence-corrected chi connectivity index (χ4v) is 1.93. The van der Waals surface area contributed by atoms with E-state index in [1.54, 1.807) is 11.3 Å². The Morgan fingerprint density at radius 3 is 2.85 bits per heavy atom. The summed E-state index contributed by atoms with van der Waals surface area (Å²) in [4.78, 5) is 13.4. The number of thiophene rings is 1. The molecule has 0 N–H and O–H groups in total. The van der Waals surface area contributed by atoms with Gasteiger partial charge in [-0.1, -0.05) is 13.3 Å². The van der Waals surface area contributed by atoms with Gasteiger partial charge in [-0.3, -0.25) is 4.79 Å². The predicted octanol–water partition coefficient (Wildman–Crippen LogP) is 2.80. The summed E-state index contributed by atoms with van der Waals surface area (Å²) in [5.41, 5.74) is 0. The number of unbranched alkanes of at least 4 members (excludes halogenated alkanes) is 1. The lowest BCUT2D eigenvalue weighted by molar-refractivity contribution is 0.112. The second kappa shape index (κ2) is 5.02. The molecule has 0 bridgehead atoms. The topological polar surface area (TPSA) is 20.3 Å². The standard InChI is InChI=1S/C10H15NOS/c1-3-4-7-11(2)10-6-5-9(8-12)13-10/h5-6,8H,3-4,7H2,1-2H3. The average molecular weight is 197 g/mol. The van der Waals surface area contributed by atoms with Gasteiger partial charge in [0.05, 0.1) is 9.88 Å². The number of hydrogen-bond acceptors (Lipinski definition) is 3. The third kappa shape index (κ3) is 2.84. The molecule has 0 atom stereocenters. The van der Waals surface area contributed by atoms with E-state index in [1.165, 1.54) is 17.8 Å². The Morgan fingerprint density at radius 1 is 1.54 bits per heavy atom. The molecule has 1 aromatic heterocycles. The van der Waals surface area contributed by atoms with Crippen LogP contribution >= 0.6 is 11.3 Å². The second-order valence-corrected chi connectivity index (χ2v) is 4.16. The second-order valence-electron chi connectivity index (χ2n) is 3.07. The number of rotatable bonds is 5. The average Bonchev–Trinajstić information content (AvgIpc) is 2.62. The van der Waals surface area contributed by atoms with Crippen LogP contribution in [-0.2, 0) is 0 Å². The van der Waals surface area contributed by atoms with Gasteiger partial charge in [0.25, 0.3) is 0 Å². The molecular formula is C10H15NOS. The minimum atomic E-state index is 0.804. The molecule has 0 spiro atoms. The number of carbonyl (C=O) groups is 1. The summed E-state index contributed by atoms with van der Waals surface area (Å²) in [5.74, 6) is 0. The van der Waals surface area contributed by atoms with Crippen LogP contribution in [0.15, 0.2) is 12.1 Å². The largest absolute Gasteiger partial charge is 0.366 e. The van der Waals surface area contributed by atoms with Gasteiger partial charge in [0.1, 0.15) is 0 Å². The Bertz CT molecular complexity index is 270. The highest BCUT2D eigenvalue weighted by molar-refractivity contribution is 7.17. The Kier molecular flexibility index (Phi) is 3.96. The summed E-state index contributed by atoms with van der Waals surface area (Å²) in [7, 11) is 2.07. The molecule has 2 nitrogen and oxygen atoms in total. The summed E-state index contributed by atoms with van der Waals surface area (Å²) in [6.45, 7) is 3.24. The Morgan fingerprint density at radius 2 is 2.31 bits per heavy atom. The van der Waals surface area contributed by atoms with Gasteiger partial charge in [-0.15, -0.1) is 11.3 Å². The number of aldehydes is 1. The van der Waals surface area contributed by atoms with Gasteiger partial charge in [0.15, 0.2) is 6.29 Å². The first-order valence-corrected chi connectivity index (χ1v) is 5.35. The van der Waals surface area contributed by atoms with Crippen molar-refractivity contribution in [2.45, 2.75) is 19.8 Å². The van der Waals surface area contributed by atoms with E-state index < -0.39 is 0 Å². The summed E-state index contributed by atoms with van der Waals surface area (Å²) in [6.07, 6.45) is 3.31. The maximum absolute atomic E-state index is 10.4. The molecular weight excluding hydrogens is 182 g/mol. The third-order valence-electron chi connectivity index (χ3n) is 1.95. The molecule has 0 saturated heterocycles. The van der Waals surface area contributed by atoms with E-state index in [0.717, 1.165) is 17.7 Å². The van der Waals surface area contributed by atoms with E-state index in [2.05, 4.69) is 18.9 Å². The van der Waals surface area contributed by atoms with Crippen molar-refractivity contribution in [3.05, 3.63) is 17.0 Å². The van der Waals surface area contributed by atoms with E-state index >= 15 is 0 Å². The van der Waals surface area contributed by atoms with Gasteiger partial charge < -0.3 is 4.90 Å². The maximum Gasteiger partial charge on any atom is 0.160 e. The van der Waals surface area contributed by atoms with Crippen molar-refractivity contribution in [2.75, 3.05) is 18.5 Å². The highest BCUT2D eigenvalue weighted by atomic mass is 32.1. The minimum absolute atomic E-state index is 0.804. The minimum Gasteiger partial charge on any atom is -0.366 e. The number of nitrogens with zero attached hydrogens (tertiary/aromatic N) is 1. The summed E-state index contributed by atoms with van der Waals surface area (Å²) in [6, 6.07) is 3.87. The monoisotopic (exact) mass is 197 g/mol. The first-order valence-electron chi connectivity index (χ1n) is 4.54. The first-order chi connectivity index (χ1) is 6.27. The SMILES string of the molecule is CCCCN(C)c1ccc(C=O)s1. The number of anilines is 1. The molecule has 0 fully saturated rings. The molecule has 0 aromatic carbocycles. The number of hydrogen-bond donors (Lipinski definition) is 0. The molecule has 1 rings (SSSR count). The van der Waals surface area contributed by atoms with Crippen molar-refractivity contribution in [2.24, 2.45) is 0 Å². The van der Waals surface area contributed by atoms with Crippen LogP contribution in [0.2, 0.25) is 0 Å². The normalized spacial score (nSPS) is 10.0. The molecule has 72 valence electrons. The van der Waals surface area contributed by atoms with Crippen LogP contribution in [0.3, 0.4) is 0 Å². The van der Waals surface area contributed by atoms with Gasteiger partial charge in [0.2, 0.25) is 0 Å². The molecule has 1 heterocycles. The van der Waals surface area contributed by atoms with Crippen molar-refractivity contribution in [1.29, 1.82) is 0 Å². The smallest absolute Gasteiger partial charge is 0.160 e. The Balaban J connectivity index is 2.54. The van der Waals surface area contributed by atoms with E-state index in [4.69, 9.17) is 0 Å². The van der Waals surface area contributed by atoms with E-state index in [0.29, 0.717) is 0 Å². The Hall–Kier alpha value is -0.830. The van der Waals surface area contributed by atoms with Crippen molar-refractivity contribution in [3.63, 3.8) is 0 Å². The van der Waals surface area contributed by atoms with Crippen LogP contribution in [0.25, 0.3) is 0 Å². The quantitative estimate of drug-likeness (QED) is 0.676. The van der Waals surface area contributed by atoms with Gasteiger partial charge in [0, 0.05) is 13.6 Å². The lowest BCUT2D eigenvalue weighted by Crippen LogP contribution is -2.16. The van der Waals surface area contributed by atoms with Crippen LogP contribution in [-0.4, -0.2) is 19.9 Å². The zero-order chi connectivity index (χ0) is 9.68. The molecule has 0 radical (unpaired) electrons. The van der Waals surface area contributed by atoms with Gasteiger partial charge >= 0.3 is 0 Å². The molecule has 0 aliphatic heterocycles. The van der Waals surface area contributed by atoms with Gasteiger partial charge in [-0.25, -0.2) is 0 Å². The predicted molar refractivity (Wildman–Crippen MR) is 57.9 cm³/mol. The van der Waals surface area contributed by atoms with E-state index in [9.17, 15) is 4.79 Å². The van der Waals surface area contributed by atoms with E-state index in [-0.39, 0.29) is 0 Å². The highest BCUT2D eigenvalue weighted by Gasteiger charge is 2.03. The van der Waals surface area contributed by atoms with E-state index in [1.807, 2.05) is 12.1 Å². The molecule has 0 saturated carbocycles. The molecule has 0 aliphatic rings. The summed E-state index contributed by atoms with van der Waals surface area (Å²) in [5, 5.41) is 1.18. The van der Waals surface area contributed by atoms with Gasteiger partial charge in [-0.05, 0) is 18.6 Å². The molecule has 1 aromatic rings. The van der Waals surface area contributed by atoms with Crippen molar-refractivity contribution >= 4 is 22.6 Å². The van der Waals surface area contributed by atoms with Gasteiger partial charge in [-0.2, -0.15) is 0 Å². The summed E-state index contributed by atoms with van der Waals surface area (Å²) >= 11 is 1.55. The van der Waals surface area contributed by atoms with Crippen molar-refractivity contribution in [1.82, 2.24) is 0 Å². The highest BCUT2D eigenvalue weighted by Crippen LogP contribution is 2.23. The molecule has 3 heteroatoms. The lowest BCUT2D eigenvalue weighted by atomic mass is 10.3. The maximum atomic E-state index is 10.4. The molecule has 13 heavy (non-hydrogen) atoms. The third-order valence-corrected chi connectivity index (χ3v) is 3.08. The fraction of sp³-hybridized carbons (Fsp3) is 0.500. The van der Waals surface area contributed by atoms with Crippen LogP contribution in [0.5, 0.6) is 0 Å². The number of carbonyl (C=O) groups excluding carboxylic acids is 1. The lowest BCUT2D eigenvalue weighted by Gasteiger charge is -2.15. The van der Waals surface area contributed by atoms with Crippen LogP contribution in [0.4, 0.5) is 5.00 Å². The van der Waals surface area contributed by atoms with Crippen LogP contribution < -0.4 is 4.90 Å². The zero-order valence-corrected chi connectivity index (χ0v) is 8.93. The molecule has 0 amide bonds. The molecule has 0 unspecified atom stereocenters. The molecule has 0 aliphatic carbocycles. The van der Waals surface area contributed by atoms with Crippen LogP contribution in [0.1, 0.15) is 29.4 Å². The fourth-order valence-electron chi connectivity index (χ4n) is 1.12. The first kappa shape index (κ1) is 10.3. The van der Waals surface area contributed by atoms with Crippen molar-refractivity contribution in [3.8, 4) is 0 Å². The van der Waals surface area contributed by atoms with Crippen molar-refractivity contribution < 1.29 is 4.79 Å². The Labute approximate surface area is 83.2 Å². The summed E-state index contributed by atoms with van der Waals surface area (Å²) < 4.78 is 0. The van der Waals surface area contributed by atoms with Crippen LogP contribution in [0, 0.1) is 0 Å².